The van der Waals surface area contributed by atoms with Crippen LogP contribution >= 0.6 is 31.9 Å². The molecule has 0 heterocycles. The molecule has 20 heavy (non-hydrogen) atoms. The van der Waals surface area contributed by atoms with E-state index in [1.54, 1.807) is 12.1 Å². The summed E-state index contributed by atoms with van der Waals surface area (Å²) in [4.78, 5) is -0.00553. The average Bonchev–Trinajstić information content (AvgIpc) is 2.48. The third-order valence-corrected chi connectivity index (χ3v) is 5.21. The first-order chi connectivity index (χ1) is 9.56. The first-order valence-corrected chi connectivity index (χ1v) is 8.48. The highest BCUT2D eigenvalue weighted by molar-refractivity contribution is 9.11. The largest absolute Gasteiger partial charge is 0.207 e. The molecule has 0 fully saturated rings. The topological polar surface area (TPSA) is 0 Å². The molecule has 1 unspecified atom stereocenters. The van der Waals surface area contributed by atoms with Gasteiger partial charge in [-0.1, -0.05) is 63.9 Å². The lowest BCUT2D eigenvalue weighted by Crippen LogP contribution is -2.01. The van der Waals surface area contributed by atoms with E-state index in [2.05, 4.69) is 63.9 Å². The number of aryl methyl sites for hydroxylation is 2. The second kappa shape index (κ2) is 6.86. The predicted octanol–water partition coefficient (Wildman–Crippen LogP) is 6.20. The lowest BCUT2D eigenvalue weighted by molar-refractivity contribution is 0.625. The van der Waals surface area contributed by atoms with E-state index in [9.17, 15) is 4.39 Å². The van der Waals surface area contributed by atoms with Crippen LogP contribution in [0.25, 0.3) is 0 Å². The summed E-state index contributed by atoms with van der Waals surface area (Å²) in [6.07, 6.45) is 1.97. The molecule has 0 saturated carbocycles. The van der Waals surface area contributed by atoms with E-state index in [-0.39, 0.29) is 10.6 Å². The van der Waals surface area contributed by atoms with Crippen molar-refractivity contribution in [2.24, 2.45) is 0 Å². The zero-order valence-electron chi connectivity index (χ0n) is 11.6. The number of hydrogen-bond donors (Lipinski definition) is 0. The van der Waals surface area contributed by atoms with Gasteiger partial charge in [-0.25, -0.2) is 4.39 Å². The third-order valence-electron chi connectivity index (χ3n) is 3.50. The fraction of sp³-hybridized carbons (Fsp3) is 0.294. The molecule has 2 aromatic carbocycles. The van der Waals surface area contributed by atoms with E-state index in [4.69, 9.17) is 0 Å². The van der Waals surface area contributed by atoms with Gasteiger partial charge in [0.25, 0.3) is 0 Å². The fourth-order valence-corrected chi connectivity index (χ4v) is 3.89. The van der Waals surface area contributed by atoms with Crippen molar-refractivity contribution in [3.63, 3.8) is 0 Å². The lowest BCUT2D eigenvalue weighted by atomic mass is 9.95. The highest BCUT2D eigenvalue weighted by atomic mass is 79.9. The Balaban J connectivity index is 2.51. The van der Waals surface area contributed by atoms with Crippen molar-refractivity contribution in [3.8, 4) is 0 Å². The molecule has 3 heteroatoms. The Labute approximate surface area is 136 Å². The molecule has 0 amide bonds. The van der Waals surface area contributed by atoms with E-state index < -0.39 is 0 Å². The number of rotatable bonds is 4. The quantitative estimate of drug-likeness (QED) is 0.537. The number of alkyl halides is 1. The maximum Gasteiger partial charge on any atom is 0.123 e. The zero-order valence-corrected chi connectivity index (χ0v) is 14.8. The van der Waals surface area contributed by atoms with Crippen LogP contribution in [0.15, 0.2) is 40.9 Å². The molecule has 0 saturated heterocycles. The average molecular weight is 400 g/mol. The Hall–Kier alpha value is -0.670. The molecule has 2 rings (SSSR count). The molecular weight excluding hydrogens is 383 g/mol. The van der Waals surface area contributed by atoms with E-state index in [0.29, 0.717) is 0 Å². The highest BCUT2D eigenvalue weighted by Gasteiger charge is 2.17. The summed E-state index contributed by atoms with van der Waals surface area (Å²) < 4.78 is 14.4. The minimum Gasteiger partial charge on any atom is -0.207 e. The van der Waals surface area contributed by atoms with Gasteiger partial charge in [0.05, 0.1) is 4.83 Å². The number of halogens is 3. The van der Waals surface area contributed by atoms with E-state index in [1.165, 1.54) is 22.8 Å². The Morgan fingerprint density at radius 2 is 1.75 bits per heavy atom. The van der Waals surface area contributed by atoms with Crippen molar-refractivity contribution in [3.05, 3.63) is 68.9 Å². The zero-order chi connectivity index (χ0) is 14.7. The van der Waals surface area contributed by atoms with Gasteiger partial charge in [0, 0.05) is 4.47 Å². The standard InChI is InChI=1S/C17H17Br2F/c1-3-11-5-6-12(4-2)14(9-11)17(19)15-10-13(20)7-8-16(15)18/h5-10,17H,3-4H2,1-2H3. The van der Waals surface area contributed by atoms with Crippen LogP contribution < -0.4 is 0 Å². The van der Waals surface area contributed by atoms with Crippen LogP contribution in [0.5, 0.6) is 0 Å². The van der Waals surface area contributed by atoms with Gasteiger partial charge in [-0.15, -0.1) is 0 Å². The third kappa shape index (κ3) is 3.32. The summed E-state index contributed by atoms with van der Waals surface area (Å²) in [5.41, 5.74) is 4.74. The number of hydrogen-bond acceptors (Lipinski definition) is 0. The van der Waals surface area contributed by atoms with Gasteiger partial charge in [-0.3, -0.25) is 0 Å². The SMILES string of the molecule is CCc1ccc(CC)c(C(Br)c2cc(F)ccc2Br)c1. The first-order valence-electron chi connectivity index (χ1n) is 6.77. The monoisotopic (exact) mass is 398 g/mol. The Bertz CT molecular complexity index is 608. The molecule has 0 aliphatic carbocycles. The molecule has 106 valence electrons. The summed E-state index contributed by atoms with van der Waals surface area (Å²) in [6.45, 7) is 4.29. The Morgan fingerprint density at radius 3 is 2.40 bits per heavy atom. The Morgan fingerprint density at radius 1 is 1.00 bits per heavy atom. The molecular formula is C17H17Br2F. The fourth-order valence-electron chi connectivity index (χ4n) is 2.30. The van der Waals surface area contributed by atoms with E-state index in [0.717, 1.165) is 22.9 Å². The summed E-state index contributed by atoms with van der Waals surface area (Å²) in [7, 11) is 0. The molecule has 0 bridgehead atoms. The normalized spacial score (nSPS) is 12.4. The maximum atomic E-state index is 13.5. The van der Waals surface area contributed by atoms with Gasteiger partial charge >= 0.3 is 0 Å². The lowest BCUT2D eigenvalue weighted by Gasteiger charge is -2.17. The van der Waals surface area contributed by atoms with Gasteiger partial charge in [-0.05, 0) is 53.3 Å². The van der Waals surface area contributed by atoms with Crippen molar-refractivity contribution in [2.45, 2.75) is 31.5 Å². The molecule has 0 N–H and O–H groups in total. The van der Waals surface area contributed by atoms with Crippen molar-refractivity contribution >= 4 is 31.9 Å². The van der Waals surface area contributed by atoms with Crippen molar-refractivity contribution < 1.29 is 4.39 Å². The molecule has 0 spiro atoms. The molecule has 0 nitrogen and oxygen atoms in total. The van der Waals surface area contributed by atoms with Crippen molar-refractivity contribution in [2.75, 3.05) is 0 Å². The maximum absolute atomic E-state index is 13.5. The Kier molecular flexibility index (Phi) is 5.39. The molecule has 0 aliphatic heterocycles. The van der Waals surface area contributed by atoms with Crippen molar-refractivity contribution in [1.29, 1.82) is 0 Å². The second-order valence-electron chi connectivity index (χ2n) is 4.77. The summed E-state index contributed by atoms with van der Waals surface area (Å²) in [5, 5.41) is 0. The minimum atomic E-state index is -0.211. The van der Waals surface area contributed by atoms with Crippen LogP contribution in [0.2, 0.25) is 0 Å². The van der Waals surface area contributed by atoms with Crippen molar-refractivity contribution in [1.82, 2.24) is 0 Å². The summed E-state index contributed by atoms with van der Waals surface area (Å²) in [5.74, 6) is -0.211. The molecule has 1 atom stereocenters. The smallest absolute Gasteiger partial charge is 0.123 e. The van der Waals surface area contributed by atoms with Crippen LogP contribution in [-0.4, -0.2) is 0 Å². The van der Waals surface area contributed by atoms with Gasteiger partial charge in [0.1, 0.15) is 5.82 Å². The summed E-state index contributed by atoms with van der Waals surface area (Å²) in [6, 6.07) is 11.4. The highest BCUT2D eigenvalue weighted by Crippen LogP contribution is 2.38. The van der Waals surface area contributed by atoms with Gasteiger partial charge in [-0.2, -0.15) is 0 Å². The summed E-state index contributed by atoms with van der Waals surface area (Å²) >= 11 is 7.25. The molecule has 0 aromatic heterocycles. The van der Waals surface area contributed by atoms with Crippen LogP contribution in [0.3, 0.4) is 0 Å². The molecule has 0 radical (unpaired) electrons. The minimum absolute atomic E-state index is 0.00553. The van der Waals surface area contributed by atoms with Gasteiger partial charge < -0.3 is 0 Å². The van der Waals surface area contributed by atoms with E-state index in [1.807, 2.05) is 0 Å². The molecule has 2 aromatic rings. The van der Waals surface area contributed by atoms with Crippen LogP contribution in [0.4, 0.5) is 4.39 Å². The van der Waals surface area contributed by atoms with Gasteiger partial charge in [0.2, 0.25) is 0 Å². The predicted molar refractivity (Wildman–Crippen MR) is 90.1 cm³/mol. The van der Waals surface area contributed by atoms with Crippen LogP contribution in [0, 0.1) is 5.82 Å². The molecule has 0 aliphatic rings. The second-order valence-corrected chi connectivity index (χ2v) is 6.54. The van der Waals surface area contributed by atoms with E-state index >= 15 is 0 Å². The van der Waals surface area contributed by atoms with Crippen LogP contribution in [-0.2, 0) is 12.8 Å². The van der Waals surface area contributed by atoms with Gasteiger partial charge in [0.15, 0.2) is 0 Å². The first kappa shape index (κ1) is 15.7. The number of benzene rings is 2. The van der Waals surface area contributed by atoms with Crippen LogP contribution in [0.1, 0.15) is 40.9 Å².